The van der Waals surface area contributed by atoms with Crippen molar-refractivity contribution in [1.82, 2.24) is 0 Å². The van der Waals surface area contributed by atoms with Crippen LogP contribution in [0, 0.1) is 0 Å². The standard InChI is InChI=1S/C52H34N2OS/c1-3-15-39(16-4-1)53(40-17-5-2-6-18-40)46-21-12-24-50-51(46)45-20-11-22-47(52(45)56-50)54(42-31-32-44-43-19-9-10-23-48(43)55-49(44)34-42)41-29-27-36(28-30-41)38-26-25-35-13-7-8-14-37(35)33-38/h1-34H. The minimum Gasteiger partial charge on any atom is -0.456 e. The molecule has 0 aliphatic heterocycles. The van der Waals surface area contributed by atoms with Crippen molar-refractivity contribution >= 4 is 98.3 Å². The first kappa shape index (κ1) is 32.3. The number of thiophene rings is 1. The quantitative estimate of drug-likeness (QED) is 0.163. The molecular weight excluding hydrogens is 701 g/mol. The van der Waals surface area contributed by atoms with E-state index < -0.39 is 0 Å². The van der Waals surface area contributed by atoms with E-state index in [1.807, 2.05) is 23.5 Å². The van der Waals surface area contributed by atoms with E-state index in [0.717, 1.165) is 56.1 Å². The lowest BCUT2D eigenvalue weighted by atomic mass is 10.0. The van der Waals surface area contributed by atoms with Gasteiger partial charge in [-0.25, -0.2) is 0 Å². The first-order valence-electron chi connectivity index (χ1n) is 18.9. The van der Waals surface area contributed by atoms with Gasteiger partial charge in [-0.3, -0.25) is 0 Å². The van der Waals surface area contributed by atoms with Gasteiger partial charge in [0.25, 0.3) is 0 Å². The third-order valence-electron chi connectivity index (χ3n) is 10.8. The summed E-state index contributed by atoms with van der Waals surface area (Å²) in [5, 5.41) is 7.18. The average Bonchev–Trinajstić information content (AvgIpc) is 3.84. The fourth-order valence-corrected chi connectivity index (χ4v) is 9.44. The van der Waals surface area contributed by atoms with E-state index in [1.165, 1.54) is 42.1 Å². The van der Waals surface area contributed by atoms with E-state index in [4.69, 9.17) is 4.42 Å². The Hall–Kier alpha value is -7.14. The van der Waals surface area contributed by atoms with E-state index >= 15 is 0 Å². The molecule has 0 saturated heterocycles. The van der Waals surface area contributed by atoms with Crippen LogP contribution in [-0.4, -0.2) is 0 Å². The SMILES string of the molecule is c1ccc(N(c2ccccc2)c2cccc3sc4c(N(c5ccc(-c6ccc7ccccc7c6)cc5)c5ccc6c(c5)oc5ccccc56)cccc4c23)cc1. The summed E-state index contributed by atoms with van der Waals surface area (Å²) >= 11 is 1.84. The molecule has 4 heteroatoms. The molecule has 264 valence electrons. The van der Waals surface area contributed by atoms with E-state index in [-0.39, 0.29) is 0 Å². The van der Waals surface area contributed by atoms with Crippen molar-refractivity contribution in [2.75, 3.05) is 9.80 Å². The second kappa shape index (κ2) is 13.3. The predicted molar refractivity (Wildman–Crippen MR) is 239 cm³/mol. The number of anilines is 6. The van der Waals surface area contributed by atoms with E-state index in [2.05, 4.69) is 204 Å². The van der Waals surface area contributed by atoms with Crippen molar-refractivity contribution in [3.05, 3.63) is 206 Å². The molecule has 0 bridgehead atoms. The van der Waals surface area contributed by atoms with Crippen LogP contribution in [0.1, 0.15) is 0 Å². The molecule has 0 aliphatic rings. The largest absolute Gasteiger partial charge is 0.456 e. The van der Waals surface area contributed by atoms with Crippen molar-refractivity contribution in [2.24, 2.45) is 0 Å². The smallest absolute Gasteiger partial charge is 0.137 e. The highest BCUT2D eigenvalue weighted by Crippen LogP contribution is 2.49. The van der Waals surface area contributed by atoms with Crippen molar-refractivity contribution < 1.29 is 4.42 Å². The molecule has 9 aromatic carbocycles. The maximum atomic E-state index is 6.46. The zero-order valence-corrected chi connectivity index (χ0v) is 31.2. The number of fused-ring (bicyclic) bond motifs is 7. The van der Waals surface area contributed by atoms with Gasteiger partial charge in [0.05, 0.1) is 16.1 Å². The summed E-state index contributed by atoms with van der Waals surface area (Å²) in [6.45, 7) is 0. The highest BCUT2D eigenvalue weighted by Gasteiger charge is 2.23. The minimum atomic E-state index is 0.869. The van der Waals surface area contributed by atoms with Gasteiger partial charge in [-0.15, -0.1) is 11.3 Å². The molecule has 0 amide bonds. The molecule has 11 rings (SSSR count). The molecular formula is C52H34N2OS. The molecule has 2 aromatic heterocycles. The molecule has 2 heterocycles. The lowest BCUT2D eigenvalue weighted by molar-refractivity contribution is 0.669. The van der Waals surface area contributed by atoms with Crippen LogP contribution in [0.4, 0.5) is 34.1 Å². The highest BCUT2D eigenvalue weighted by atomic mass is 32.1. The predicted octanol–water partition coefficient (Wildman–Crippen LogP) is 15.7. The van der Waals surface area contributed by atoms with Crippen molar-refractivity contribution in [3.63, 3.8) is 0 Å². The number of hydrogen-bond acceptors (Lipinski definition) is 4. The molecule has 0 N–H and O–H groups in total. The molecule has 56 heavy (non-hydrogen) atoms. The van der Waals surface area contributed by atoms with Crippen LogP contribution < -0.4 is 9.80 Å². The maximum absolute atomic E-state index is 6.46. The topological polar surface area (TPSA) is 19.6 Å². The number of nitrogens with zero attached hydrogens (tertiary/aromatic N) is 2. The van der Waals surface area contributed by atoms with Crippen LogP contribution in [-0.2, 0) is 0 Å². The van der Waals surface area contributed by atoms with Crippen LogP contribution in [0.2, 0.25) is 0 Å². The Kier molecular flexibility index (Phi) is 7.68. The van der Waals surface area contributed by atoms with Gasteiger partial charge in [0.2, 0.25) is 0 Å². The van der Waals surface area contributed by atoms with E-state index in [9.17, 15) is 0 Å². The van der Waals surface area contributed by atoms with Gasteiger partial charge in [0, 0.05) is 55.1 Å². The van der Waals surface area contributed by atoms with Gasteiger partial charge in [-0.1, -0.05) is 121 Å². The Labute approximate surface area is 328 Å². The van der Waals surface area contributed by atoms with Gasteiger partial charge in [0.15, 0.2) is 0 Å². The number of para-hydroxylation sites is 3. The van der Waals surface area contributed by atoms with Crippen LogP contribution in [0.5, 0.6) is 0 Å². The normalized spacial score (nSPS) is 11.6. The lowest BCUT2D eigenvalue weighted by Crippen LogP contribution is -2.10. The summed E-state index contributed by atoms with van der Waals surface area (Å²) in [6.07, 6.45) is 0. The minimum absolute atomic E-state index is 0.869. The Bertz CT molecular complexity index is 3160. The Morgan fingerprint density at radius 3 is 1.75 bits per heavy atom. The summed E-state index contributed by atoms with van der Waals surface area (Å²) < 4.78 is 8.92. The van der Waals surface area contributed by atoms with Gasteiger partial charge >= 0.3 is 0 Å². The Morgan fingerprint density at radius 2 is 0.946 bits per heavy atom. The fourth-order valence-electron chi connectivity index (χ4n) is 8.21. The Morgan fingerprint density at radius 1 is 0.357 bits per heavy atom. The second-order valence-corrected chi connectivity index (χ2v) is 15.2. The van der Waals surface area contributed by atoms with Gasteiger partial charge < -0.3 is 14.2 Å². The van der Waals surface area contributed by atoms with Crippen LogP contribution >= 0.6 is 11.3 Å². The maximum Gasteiger partial charge on any atom is 0.137 e. The van der Waals surface area contributed by atoms with Gasteiger partial charge in [-0.2, -0.15) is 0 Å². The average molecular weight is 735 g/mol. The molecule has 0 spiro atoms. The molecule has 0 radical (unpaired) electrons. The zero-order chi connectivity index (χ0) is 37.0. The van der Waals surface area contributed by atoms with Crippen LogP contribution in [0.25, 0.3) is 64.0 Å². The first-order valence-corrected chi connectivity index (χ1v) is 19.7. The summed E-state index contributed by atoms with van der Waals surface area (Å²) in [6, 6.07) is 73.9. The molecule has 0 saturated carbocycles. The monoisotopic (exact) mass is 734 g/mol. The lowest BCUT2D eigenvalue weighted by Gasteiger charge is -2.27. The molecule has 0 aliphatic carbocycles. The summed E-state index contributed by atoms with van der Waals surface area (Å²) in [7, 11) is 0. The fraction of sp³-hybridized carbons (Fsp3) is 0. The third-order valence-corrected chi connectivity index (χ3v) is 12.0. The molecule has 0 unspecified atom stereocenters. The zero-order valence-electron chi connectivity index (χ0n) is 30.3. The number of benzene rings is 9. The van der Waals surface area contributed by atoms with Gasteiger partial charge in [-0.05, 0) is 101 Å². The van der Waals surface area contributed by atoms with E-state index in [0.29, 0.717) is 0 Å². The van der Waals surface area contributed by atoms with Crippen molar-refractivity contribution in [1.29, 1.82) is 0 Å². The van der Waals surface area contributed by atoms with Crippen LogP contribution in [0.15, 0.2) is 211 Å². The summed E-state index contributed by atoms with van der Waals surface area (Å²) in [5.74, 6) is 0. The number of hydrogen-bond donors (Lipinski definition) is 0. The molecule has 0 fully saturated rings. The number of furan rings is 1. The summed E-state index contributed by atoms with van der Waals surface area (Å²) in [5.41, 5.74) is 10.8. The first-order chi connectivity index (χ1) is 27.8. The van der Waals surface area contributed by atoms with Crippen molar-refractivity contribution in [3.8, 4) is 11.1 Å². The van der Waals surface area contributed by atoms with Crippen molar-refractivity contribution in [2.45, 2.75) is 0 Å². The summed E-state index contributed by atoms with van der Waals surface area (Å²) in [4.78, 5) is 4.76. The van der Waals surface area contributed by atoms with E-state index in [1.54, 1.807) is 0 Å². The molecule has 3 nitrogen and oxygen atoms in total. The second-order valence-electron chi connectivity index (χ2n) is 14.1. The van der Waals surface area contributed by atoms with Crippen LogP contribution in [0.3, 0.4) is 0 Å². The molecule has 11 aromatic rings. The van der Waals surface area contributed by atoms with Gasteiger partial charge in [0.1, 0.15) is 11.2 Å². The highest BCUT2D eigenvalue weighted by molar-refractivity contribution is 7.26. The number of rotatable bonds is 7. The Balaban J connectivity index is 1.11. The molecule has 0 atom stereocenters. The third kappa shape index (κ3) is 5.42.